The summed E-state index contributed by atoms with van der Waals surface area (Å²) in [4.78, 5) is 0. The summed E-state index contributed by atoms with van der Waals surface area (Å²) in [5.74, 6) is 1.21. The Kier molecular flexibility index (Phi) is 3.98. The zero-order chi connectivity index (χ0) is 10.9. The molecule has 13 heavy (non-hydrogen) atoms. The molecule has 0 bridgehead atoms. The molecule has 0 amide bonds. The molecule has 0 aromatic carbocycles. The molecule has 0 aromatic rings. The fourth-order valence-corrected chi connectivity index (χ4v) is 2.08. The third kappa shape index (κ3) is 5.30. The molecule has 1 heteroatoms. The van der Waals surface area contributed by atoms with Crippen LogP contribution in [0.15, 0.2) is 0 Å². The van der Waals surface area contributed by atoms with Crippen LogP contribution in [-0.2, 0) is 0 Å². The van der Waals surface area contributed by atoms with E-state index in [0.29, 0.717) is 11.8 Å². The lowest BCUT2D eigenvalue weighted by Gasteiger charge is -2.37. The average Bonchev–Trinajstić information content (AvgIpc) is 1.77. The first kappa shape index (κ1) is 13.0. The molecule has 0 aliphatic carbocycles. The highest BCUT2D eigenvalue weighted by molar-refractivity contribution is 4.82. The molecular weight excluding hydrogens is 160 g/mol. The van der Waals surface area contributed by atoms with Crippen LogP contribution in [0.1, 0.15) is 54.9 Å². The Morgan fingerprint density at radius 1 is 1.00 bits per heavy atom. The lowest BCUT2D eigenvalue weighted by Crippen LogP contribution is -2.33. The molecule has 1 atom stereocenters. The second-order valence-corrected chi connectivity index (χ2v) is 6.23. The number of hydrogen-bond acceptors (Lipinski definition) is 1. The maximum absolute atomic E-state index is 9.80. The van der Waals surface area contributed by atoms with Crippen LogP contribution in [0.2, 0.25) is 0 Å². The maximum atomic E-state index is 9.80. The Hall–Kier alpha value is -0.0400. The summed E-state index contributed by atoms with van der Waals surface area (Å²) < 4.78 is 0. The summed E-state index contributed by atoms with van der Waals surface area (Å²) >= 11 is 0. The zero-order valence-corrected chi connectivity index (χ0v) is 10.3. The second kappa shape index (κ2) is 4.00. The highest BCUT2D eigenvalue weighted by atomic mass is 16.3. The van der Waals surface area contributed by atoms with E-state index in [1.807, 2.05) is 13.8 Å². The molecule has 0 spiro atoms. The molecule has 0 saturated heterocycles. The minimum absolute atomic E-state index is 0.286. The van der Waals surface area contributed by atoms with E-state index < -0.39 is 5.60 Å². The van der Waals surface area contributed by atoms with E-state index in [9.17, 15) is 5.11 Å². The van der Waals surface area contributed by atoms with Crippen molar-refractivity contribution in [1.29, 1.82) is 0 Å². The molecule has 0 rings (SSSR count). The topological polar surface area (TPSA) is 20.2 Å². The normalized spacial score (nSPS) is 16.4. The van der Waals surface area contributed by atoms with Gasteiger partial charge in [-0.1, -0.05) is 34.6 Å². The van der Waals surface area contributed by atoms with Crippen LogP contribution in [0.25, 0.3) is 0 Å². The third-order valence-corrected chi connectivity index (χ3v) is 2.64. The van der Waals surface area contributed by atoms with E-state index in [4.69, 9.17) is 0 Å². The molecule has 0 aliphatic rings. The molecule has 1 N–H and O–H groups in total. The van der Waals surface area contributed by atoms with Crippen LogP contribution in [0.3, 0.4) is 0 Å². The van der Waals surface area contributed by atoms with Gasteiger partial charge in [0.05, 0.1) is 5.60 Å². The van der Waals surface area contributed by atoms with E-state index >= 15 is 0 Å². The summed E-state index contributed by atoms with van der Waals surface area (Å²) in [7, 11) is 0. The fraction of sp³-hybridized carbons (Fsp3) is 1.00. The predicted molar refractivity (Wildman–Crippen MR) is 58.7 cm³/mol. The van der Waals surface area contributed by atoms with Gasteiger partial charge in [0.15, 0.2) is 0 Å². The quantitative estimate of drug-likeness (QED) is 0.715. The number of hydrogen-bond donors (Lipinski definition) is 1. The van der Waals surface area contributed by atoms with Gasteiger partial charge < -0.3 is 5.11 Å². The van der Waals surface area contributed by atoms with Crippen molar-refractivity contribution >= 4 is 0 Å². The van der Waals surface area contributed by atoms with Crippen LogP contribution in [0.5, 0.6) is 0 Å². The Morgan fingerprint density at radius 3 is 1.46 bits per heavy atom. The number of rotatable bonds is 3. The van der Waals surface area contributed by atoms with Crippen molar-refractivity contribution in [1.82, 2.24) is 0 Å². The van der Waals surface area contributed by atoms with Crippen LogP contribution in [0.4, 0.5) is 0 Å². The molecule has 1 nitrogen and oxygen atoms in total. The van der Waals surface area contributed by atoms with Crippen LogP contribution < -0.4 is 0 Å². The second-order valence-electron chi connectivity index (χ2n) is 6.23. The van der Waals surface area contributed by atoms with Crippen LogP contribution in [0, 0.1) is 17.3 Å². The molecule has 0 radical (unpaired) electrons. The fourth-order valence-electron chi connectivity index (χ4n) is 2.08. The van der Waals surface area contributed by atoms with E-state index in [-0.39, 0.29) is 5.41 Å². The Morgan fingerprint density at radius 2 is 1.38 bits per heavy atom. The molecule has 0 heterocycles. The summed E-state index contributed by atoms with van der Waals surface area (Å²) in [6.07, 6.45) is 0.883. The molecule has 0 aliphatic heterocycles. The summed E-state index contributed by atoms with van der Waals surface area (Å²) in [5, 5.41) is 9.80. The SMILES string of the molecule is CC(C)C(CC(C)(C)O)C(C)(C)C. The predicted octanol–water partition coefficient (Wildman–Crippen LogP) is 3.47. The first-order chi connectivity index (χ1) is 5.54. The standard InChI is InChI=1S/C12H26O/c1-9(2)10(11(3,4)5)8-12(6,7)13/h9-10,13H,8H2,1-7H3. The van der Waals surface area contributed by atoms with E-state index in [2.05, 4.69) is 34.6 Å². The maximum Gasteiger partial charge on any atom is 0.0594 e. The Labute approximate surface area is 83.5 Å². The molecule has 0 saturated carbocycles. The van der Waals surface area contributed by atoms with E-state index in [1.165, 1.54) is 0 Å². The van der Waals surface area contributed by atoms with Gasteiger partial charge in [0.2, 0.25) is 0 Å². The summed E-state index contributed by atoms with van der Waals surface area (Å²) in [5.41, 5.74) is -0.254. The van der Waals surface area contributed by atoms with Crippen molar-refractivity contribution in [3.63, 3.8) is 0 Å². The summed E-state index contributed by atoms with van der Waals surface area (Å²) in [6.45, 7) is 15.0. The molecular formula is C12H26O. The highest BCUT2D eigenvalue weighted by Crippen LogP contribution is 2.37. The Balaban J connectivity index is 4.47. The van der Waals surface area contributed by atoms with Crippen LogP contribution >= 0.6 is 0 Å². The van der Waals surface area contributed by atoms with Gasteiger partial charge in [-0.25, -0.2) is 0 Å². The third-order valence-electron chi connectivity index (χ3n) is 2.64. The van der Waals surface area contributed by atoms with Gasteiger partial charge in [-0.15, -0.1) is 0 Å². The lowest BCUT2D eigenvalue weighted by atomic mass is 9.70. The van der Waals surface area contributed by atoms with Crippen molar-refractivity contribution in [2.24, 2.45) is 17.3 Å². The van der Waals surface area contributed by atoms with Gasteiger partial charge >= 0.3 is 0 Å². The summed E-state index contributed by atoms with van der Waals surface area (Å²) in [6, 6.07) is 0. The van der Waals surface area contributed by atoms with Crippen molar-refractivity contribution < 1.29 is 5.11 Å². The van der Waals surface area contributed by atoms with Gasteiger partial charge in [-0.3, -0.25) is 0 Å². The molecule has 0 fully saturated rings. The molecule has 1 unspecified atom stereocenters. The van der Waals surface area contributed by atoms with Gasteiger partial charge in [0.1, 0.15) is 0 Å². The van der Waals surface area contributed by atoms with Crippen molar-refractivity contribution in [2.45, 2.75) is 60.5 Å². The van der Waals surface area contributed by atoms with Gasteiger partial charge in [0, 0.05) is 0 Å². The Bertz CT molecular complexity index is 145. The van der Waals surface area contributed by atoms with Crippen LogP contribution in [-0.4, -0.2) is 10.7 Å². The largest absolute Gasteiger partial charge is 0.390 e. The first-order valence-electron chi connectivity index (χ1n) is 5.26. The first-order valence-corrected chi connectivity index (χ1v) is 5.26. The monoisotopic (exact) mass is 186 g/mol. The highest BCUT2D eigenvalue weighted by Gasteiger charge is 2.31. The van der Waals surface area contributed by atoms with Crippen molar-refractivity contribution in [3.8, 4) is 0 Å². The van der Waals surface area contributed by atoms with Crippen molar-refractivity contribution in [2.75, 3.05) is 0 Å². The minimum Gasteiger partial charge on any atom is -0.390 e. The van der Waals surface area contributed by atoms with Crippen molar-refractivity contribution in [3.05, 3.63) is 0 Å². The smallest absolute Gasteiger partial charge is 0.0594 e. The van der Waals surface area contributed by atoms with E-state index in [1.54, 1.807) is 0 Å². The number of aliphatic hydroxyl groups is 1. The van der Waals surface area contributed by atoms with Gasteiger partial charge in [0.25, 0.3) is 0 Å². The molecule has 80 valence electrons. The van der Waals surface area contributed by atoms with Gasteiger partial charge in [-0.2, -0.15) is 0 Å². The lowest BCUT2D eigenvalue weighted by molar-refractivity contribution is 0.0142. The molecule has 0 aromatic heterocycles. The van der Waals surface area contributed by atoms with Gasteiger partial charge in [-0.05, 0) is 37.5 Å². The average molecular weight is 186 g/mol. The van der Waals surface area contributed by atoms with E-state index in [0.717, 1.165) is 6.42 Å². The minimum atomic E-state index is -0.539. The zero-order valence-electron chi connectivity index (χ0n) is 10.3.